The Kier molecular flexibility index (Phi) is 13.8. The van der Waals surface area contributed by atoms with Crippen molar-refractivity contribution >= 4 is 23.5 Å². The Bertz CT molecular complexity index is 1450. The molecule has 0 saturated carbocycles. The van der Waals surface area contributed by atoms with Gasteiger partial charge in [-0.05, 0) is 79.9 Å². The summed E-state index contributed by atoms with van der Waals surface area (Å²) in [7, 11) is 3.30. The lowest BCUT2D eigenvalue weighted by molar-refractivity contribution is 0.209. The number of ether oxygens (including phenoxy) is 2. The normalized spacial score (nSPS) is 11.0. The molecule has 2 amide bonds. The van der Waals surface area contributed by atoms with Crippen molar-refractivity contribution in [1.82, 2.24) is 14.9 Å². The van der Waals surface area contributed by atoms with Crippen LogP contribution in [0.2, 0.25) is 0 Å². The molecule has 0 aliphatic carbocycles. The monoisotopic (exact) mass is 650 g/mol. The van der Waals surface area contributed by atoms with Crippen molar-refractivity contribution < 1.29 is 23.0 Å². The van der Waals surface area contributed by atoms with E-state index in [2.05, 4.69) is 17.2 Å². The summed E-state index contributed by atoms with van der Waals surface area (Å²) in [6.07, 6.45) is 8.07. The lowest BCUT2D eigenvalue weighted by atomic mass is 10.0. The van der Waals surface area contributed by atoms with Gasteiger partial charge in [0, 0.05) is 36.0 Å². The third-order valence-electron chi connectivity index (χ3n) is 7.73. The van der Waals surface area contributed by atoms with Crippen LogP contribution in [0, 0.1) is 11.6 Å². The molecule has 0 unspecified atom stereocenters. The molecule has 0 aliphatic heterocycles. The lowest BCUT2D eigenvalue weighted by Crippen LogP contribution is -2.36. The summed E-state index contributed by atoms with van der Waals surface area (Å²) in [4.78, 5) is 23.3. The summed E-state index contributed by atoms with van der Waals surface area (Å²) in [5.74, 6) is 0.983. The van der Waals surface area contributed by atoms with Crippen LogP contribution in [-0.4, -0.2) is 54.0 Å². The van der Waals surface area contributed by atoms with Gasteiger partial charge in [-0.15, -0.1) is 0 Å². The van der Waals surface area contributed by atoms with Gasteiger partial charge in [0.1, 0.15) is 23.1 Å². The van der Waals surface area contributed by atoms with Gasteiger partial charge in [-0.25, -0.2) is 18.6 Å². The summed E-state index contributed by atoms with van der Waals surface area (Å²) in [6, 6.07) is 18.6. The highest BCUT2D eigenvalue weighted by Gasteiger charge is 2.17. The molecule has 3 aromatic carbocycles. The number of carbonyl (C=O) groups excluding carboxylic acids is 1. The van der Waals surface area contributed by atoms with Gasteiger partial charge in [0.25, 0.3) is 0 Å². The number of imidazole rings is 1. The van der Waals surface area contributed by atoms with Crippen LogP contribution in [0.25, 0.3) is 22.5 Å². The average molecular weight is 651 g/mol. The summed E-state index contributed by atoms with van der Waals surface area (Å²) in [5, 5.41) is 3.46. The molecule has 10 heteroatoms. The van der Waals surface area contributed by atoms with Crippen molar-refractivity contribution in [3.05, 3.63) is 78.4 Å². The van der Waals surface area contributed by atoms with E-state index in [0.29, 0.717) is 13.1 Å². The quantitative estimate of drug-likeness (QED) is 0.0828. The van der Waals surface area contributed by atoms with Crippen LogP contribution in [-0.2, 0) is 0 Å². The number of hydrogen-bond acceptors (Lipinski definition) is 5. The molecule has 0 saturated heterocycles. The van der Waals surface area contributed by atoms with Crippen LogP contribution < -0.4 is 14.8 Å². The topological polar surface area (TPSA) is 79.5 Å². The number of H-pyrrole nitrogens is 1. The molecule has 4 aromatic rings. The largest absolute Gasteiger partial charge is 0.497 e. The van der Waals surface area contributed by atoms with Gasteiger partial charge in [-0.1, -0.05) is 50.8 Å². The van der Waals surface area contributed by atoms with Gasteiger partial charge in [-0.2, -0.15) is 0 Å². The van der Waals surface area contributed by atoms with E-state index in [1.807, 2.05) is 48.5 Å². The molecular weight excluding hydrogens is 606 g/mol. The molecule has 46 heavy (non-hydrogen) atoms. The van der Waals surface area contributed by atoms with Gasteiger partial charge in [0.05, 0.1) is 31.3 Å². The van der Waals surface area contributed by atoms with Gasteiger partial charge in [0.15, 0.2) is 5.16 Å². The summed E-state index contributed by atoms with van der Waals surface area (Å²) in [5.41, 5.74) is 3.80. The van der Waals surface area contributed by atoms with E-state index in [1.165, 1.54) is 12.5 Å². The van der Waals surface area contributed by atoms with Crippen molar-refractivity contribution in [3.8, 4) is 34.0 Å². The number of aromatic nitrogens is 2. The Morgan fingerprint density at radius 3 is 2.04 bits per heavy atom. The zero-order valence-corrected chi connectivity index (χ0v) is 27.7. The van der Waals surface area contributed by atoms with Crippen LogP contribution in [0.3, 0.4) is 0 Å². The minimum atomic E-state index is -0.781. The number of hydrogen-bond donors (Lipinski definition) is 2. The Morgan fingerprint density at radius 1 is 0.826 bits per heavy atom. The lowest BCUT2D eigenvalue weighted by Gasteiger charge is -2.23. The predicted octanol–water partition coefficient (Wildman–Crippen LogP) is 9.81. The van der Waals surface area contributed by atoms with E-state index >= 15 is 0 Å². The summed E-state index contributed by atoms with van der Waals surface area (Å²) < 4.78 is 38.2. The number of rotatable bonds is 18. The average Bonchev–Trinajstić information content (AvgIpc) is 3.50. The molecule has 0 spiro atoms. The first-order valence-corrected chi connectivity index (χ1v) is 16.9. The molecule has 0 atom stereocenters. The fourth-order valence-corrected chi connectivity index (χ4v) is 5.97. The van der Waals surface area contributed by atoms with Crippen LogP contribution in [0.1, 0.15) is 58.3 Å². The first-order valence-electron chi connectivity index (χ1n) is 15.9. The molecule has 1 aromatic heterocycles. The number of anilines is 1. The standard InChI is InChI=1S/C36H44F2N4O3S/c1-4-5-6-7-9-22-42(36(43)39-32-21-16-28(37)25-31(32)38)23-10-8-11-24-46-35-40-33(26-12-17-29(44-2)18-13-26)34(41-35)27-14-19-30(45-3)20-15-27/h12-21,25H,4-11,22-24H2,1-3H3,(H,39,43)(H,40,41). The van der Waals surface area contributed by atoms with Gasteiger partial charge >= 0.3 is 6.03 Å². The maximum absolute atomic E-state index is 14.2. The second-order valence-corrected chi connectivity index (χ2v) is 12.2. The predicted molar refractivity (Wildman–Crippen MR) is 183 cm³/mol. The van der Waals surface area contributed by atoms with E-state index in [-0.39, 0.29) is 11.7 Å². The minimum absolute atomic E-state index is 0.0137. The number of benzene rings is 3. The van der Waals surface area contributed by atoms with Crippen LogP contribution in [0.4, 0.5) is 19.3 Å². The highest BCUT2D eigenvalue weighted by atomic mass is 32.2. The van der Waals surface area contributed by atoms with Gasteiger partial charge in [0.2, 0.25) is 0 Å². The molecule has 0 radical (unpaired) electrons. The maximum Gasteiger partial charge on any atom is 0.321 e. The zero-order valence-electron chi connectivity index (χ0n) is 26.9. The van der Waals surface area contributed by atoms with E-state index < -0.39 is 11.6 Å². The van der Waals surface area contributed by atoms with Crippen LogP contribution in [0.15, 0.2) is 71.9 Å². The summed E-state index contributed by atoms with van der Waals surface area (Å²) >= 11 is 1.67. The number of aromatic amines is 1. The van der Waals surface area contributed by atoms with E-state index in [0.717, 1.165) is 102 Å². The molecule has 0 fully saturated rings. The number of methoxy groups -OCH3 is 2. The van der Waals surface area contributed by atoms with E-state index in [9.17, 15) is 13.6 Å². The van der Waals surface area contributed by atoms with Crippen molar-refractivity contribution in [2.75, 3.05) is 38.4 Å². The van der Waals surface area contributed by atoms with Gasteiger partial charge in [-0.3, -0.25) is 0 Å². The SMILES string of the molecule is CCCCCCCN(CCCCCSc1nc(-c2ccc(OC)cc2)c(-c2ccc(OC)cc2)[nH]1)C(=O)Nc1ccc(F)cc1F. The highest BCUT2D eigenvalue weighted by Crippen LogP contribution is 2.34. The van der Waals surface area contributed by atoms with Crippen molar-refractivity contribution in [3.63, 3.8) is 0 Å². The number of nitrogens with one attached hydrogen (secondary N) is 2. The second-order valence-electron chi connectivity index (χ2n) is 11.1. The Labute approximate surface area is 275 Å². The van der Waals surface area contributed by atoms with Crippen molar-refractivity contribution in [1.29, 1.82) is 0 Å². The number of thioether (sulfide) groups is 1. The van der Waals surface area contributed by atoms with E-state index in [4.69, 9.17) is 14.5 Å². The van der Waals surface area contributed by atoms with Crippen molar-refractivity contribution in [2.45, 2.75) is 63.4 Å². The number of amides is 2. The van der Waals surface area contributed by atoms with E-state index in [1.54, 1.807) is 30.9 Å². The smallest absolute Gasteiger partial charge is 0.321 e. The highest BCUT2D eigenvalue weighted by molar-refractivity contribution is 7.99. The number of urea groups is 1. The third kappa shape index (κ3) is 10.2. The zero-order chi connectivity index (χ0) is 32.7. The summed E-state index contributed by atoms with van der Waals surface area (Å²) in [6.45, 7) is 3.33. The Balaban J connectivity index is 1.33. The molecule has 0 bridgehead atoms. The number of halogens is 2. The van der Waals surface area contributed by atoms with Crippen LogP contribution >= 0.6 is 11.8 Å². The fraction of sp³-hybridized carbons (Fsp3) is 0.389. The van der Waals surface area contributed by atoms with Crippen molar-refractivity contribution in [2.24, 2.45) is 0 Å². The molecule has 7 nitrogen and oxygen atoms in total. The second kappa shape index (κ2) is 18.2. The molecule has 4 rings (SSSR count). The first-order chi connectivity index (χ1) is 22.4. The molecular formula is C36H44F2N4O3S. The maximum atomic E-state index is 14.2. The molecule has 0 aliphatic rings. The Hall–Kier alpha value is -4.05. The Morgan fingerprint density at radius 2 is 1.43 bits per heavy atom. The third-order valence-corrected chi connectivity index (χ3v) is 8.69. The molecule has 246 valence electrons. The molecule has 1 heterocycles. The first kappa shape index (κ1) is 34.8. The fourth-order valence-electron chi connectivity index (χ4n) is 5.10. The number of carbonyl (C=O) groups is 1. The van der Waals surface area contributed by atoms with Gasteiger partial charge < -0.3 is 24.7 Å². The number of nitrogens with zero attached hydrogens (tertiary/aromatic N) is 2. The molecule has 2 N–H and O–H groups in total. The van der Waals surface area contributed by atoms with Crippen LogP contribution in [0.5, 0.6) is 11.5 Å². The number of unbranched alkanes of at least 4 members (excludes halogenated alkanes) is 6. The minimum Gasteiger partial charge on any atom is -0.497 e.